The fourth-order valence-corrected chi connectivity index (χ4v) is 3.25. The lowest BCUT2D eigenvalue weighted by atomic mass is 9.89. The molecule has 0 radical (unpaired) electrons. The summed E-state index contributed by atoms with van der Waals surface area (Å²) in [6.45, 7) is 2.62. The minimum atomic E-state index is 0.338. The van der Waals surface area contributed by atoms with E-state index >= 15 is 0 Å². The van der Waals surface area contributed by atoms with Gasteiger partial charge in [0.2, 0.25) is 0 Å². The van der Waals surface area contributed by atoms with Gasteiger partial charge < -0.3 is 10.4 Å². The van der Waals surface area contributed by atoms with Crippen molar-refractivity contribution in [3.05, 3.63) is 72.1 Å². The summed E-state index contributed by atoms with van der Waals surface area (Å²) < 4.78 is 0. The third-order valence-corrected chi connectivity index (χ3v) is 4.64. The van der Waals surface area contributed by atoms with Gasteiger partial charge in [0.05, 0.1) is 5.70 Å². The Morgan fingerprint density at radius 2 is 1.92 bits per heavy atom. The standard InChI is InChI=1S/C20H24N4O/c21-23-19(14-22-18-6-2-1-3-7-18)15-24-11-9-16(10-12-24)17-5-4-8-20(25)13-17/h1-8,13-14,16,21-22,25H,9-12,15H2/b19-14-,23-21?. The van der Waals surface area contributed by atoms with E-state index < -0.39 is 0 Å². The number of benzene rings is 2. The molecule has 2 aromatic rings. The second kappa shape index (κ2) is 8.44. The Morgan fingerprint density at radius 3 is 2.60 bits per heavy atom. The molecule has 3 N–H and O–H groups in total. The first-order valence-electron chi connectivity index (χ1n) is 8.64. The van der Waals surface area contributed by atoms with Crippen molar-refractivity contribution in [2.24, 2.45) is 5.11 Å². The SMILES string of the molecule is N=N/C(=C\Nc1ccccc1)CN1CCC(c2cccc(O)c2)CC1. The lowest BCUT2D eigenvalue weighted by Gasteiger charge is -2.32. The second-order valence-electron chi connectivity index (χ2n) is 6.40. The minimum Gasteiger partial charge on any atom is -0.508 e. The predicted molar refractivity (Wildman–Crippen MR) is 99.8 cm³/mol. The number of anilines is 1. The summed E-state index contributed by atoms with van der Waals surface area (Å²) >= 11 is 0. The smallest absolute Gasteiger partial charge is 0.115 e. The Morgan fingerprint density at radius 1 is 1.16 bits per heavy atom. The monoisotopic (exact) mass is 336 g/mol. The highest BCUT2D eigenvalue weighted by molar-refractivity contribution is 5.45. The summed E-state index contributed by atoms with van der Waals surface area (Å²) in [5.41, 5.74) is 10.3. The van der Waals surface area contributed by atoms with Gasteiger partial charge in [0, 0.05) is 18.4 Å². The number of nitrogens with zero attached hydrogens (tertiary/aromatic N) is 2. The number of piperidine rings is 1. The van der Waals surface area contributed by atoms with Crippen LogP contribution in [0.15, 0.2) is 71.6 Å². The van der Waals surface area contributed by atoms with Gasteiger partial charge in [-0.05, 0) is 61.7 Å². The molecule has 0 bridgehead atoms. The Kier molecular flexibility index (Phi) is 5.80. The molecule has 0 unspecified atom stereocenters. The first-order valence-corrected chi connectivity index (χ1v) is 8.64. The fraction of sp³-hybridized carbons (Fsp3) is 0.300. The molecule has 1 aliphatic rings. The predicted octanol–water partition coefficient (Wildman–Crippen LogP) is 4.56. The molecule has 1 heterocycles. The van der Waals surface area contributed by atoms with E-state index in [4.69, 9.17) is 5.53 Å². The zero-order valence-corrected chi connectivity index (χ0v) is 14.2. The van der Waals surface area contributed by atoms with Crippen LogP contribution in [0.5, 0.6) is 5.75 Å². The number of phenolic OH excluding ortho intramolecular Hbond substituents is 1. The molecular formula is C20H24N4O. The van der Waals surface area contributed by atoms with Crippen LogP contribution >= 0.6 is 0 Å². The number of hydrogen-bond acceptors (Lipinski definition) is 5. The number of aromatic hydroxyl groups is 1. The number of rotatable bonds is 6. The van der Waals surface area contributed by atoms with Gasteiger partial charge in [-0.25, -0.2) is 5.53 Å². The number of nitrogens with one attached hydrogen (secondary N) is 2. The molecule has 25 heavy (non-hydrogen) atoms. The van der Waals surface area contributed by atoms with Crippen LogP contribution in [0, 0.1) is 5.53 Å². The lowest BCUT2D eigenvalue weighted by molar-refractivity contribution is 0.227. The van der Waals surface area contributed by atoms with E-state index in [9.17, 15) is 5.11 Å². The maximum atomic E-state index is 9.64. The fourth-order valence-electron chi connectivity index (χ4n) is 3.25. The van der Waals surface area contributed by atoms with Crippen molar-refractivity contribution < 1.29 is 5.11 Å². The van der Waals surface area contributed by atoms with Crippen molar-refractivity contribution in [3.8, 4) is 5.75 Å². The molecule has 1 saturated heterocycles. The van der Waals surface area contributed by atoms with Crippen LogP contribution in [0.2, 0.25) is 0 Å². The molecule has 0 aliphatic carbocycles. The summed E-state index contributed by atoms with van der Waals surface area (Å²) in [4.78, 5) is 2.33. The largest absolute Gasteiger partial charge is 0.508 e. The third-order valence-electron chi connectivity index (χ3n) is 4.64. The van der Waals surface area contributed by atoms with Gasteiger partial charge in [0.15, 0.2) is 0 Å². The van der Waals surface area contributed by atoms with E-state index in [-0.39, 0.29) is 0 Å². The minimum absolute atomic E-state index is 0.338. The van der Waals surface area contributed by atoms with E-state index in [0.29, 0.717) is 18.2 Å². The van der Waals surface area contributed by atoms with Crippen LogP contribution in [0.3, 0.4) is 0 Å². The molecule has 5 heteroatoms. The van der Waals surface area contributed by atoms with Crippen molar-refractivity contribution >= 4 is 5.69 Å². The number of phenols is 1. The van der Waals surface area contributed by atoms with Crippen LogP contribution < -0.4 is 5.32 Å². The zero-order chi connectivity index (χ0) is 17.5. The van der Waals surface area contributed by atoms with E-state index in [1.54, 1.807) is 6.07 Å². The molecule has 0 spiro atoms. The van der Waals surface area contributed by atoms with Gasteiger partial charge in [-0.15, -0.1) is 0 Å². The maximum absolute atomic E-state index is 9.64. The lowest BCUT2D eigenvalue weighted by Crippen LogP contribution is -2.34. The van der Waals surface area contributed by atoms with Crippen LogP contribution in [-0.2, 0) is 0 Å². The average molecular weight is 336 g/mol. The highest BCUT2D eigenvalue weighted by Crippen LogP contribution is 2.30. The van der Waals surface area contributed by atoms with Crippen molar-refractivity contribution in [1.29, 1.82) is 5.53 Å². The molecular weight excluding hydrogens is 312 g/mol. The molecule has 130 valence electrons. The molecule has 1 fully saturated rings. The van der Waals surface area contributed by atoms with Gasteiger partial charge in [-0.3, -0.25) is 4.90 Å². The van der Waals surface area contributed by atoms with Crippen molar-refractivity contribution in [2.75, 3.05) is 25.0 Å². The van der Waals surface area contributed by atoms with Crippen molar-refractivity contribution in [1.82, 2.24) is 4.90 Å². The maximum Gasteiger partial charge on any atom is 0.115 e. The van der Waals surface area contributed by atoms with Gasteiger partial charge in [-0.2, -0.15) is 5.11 Å². The third kappa shape index (κ3) is 4.90. The number of hydrogen-bond donors (Lipinski definition) is 3. The van der Waals surface area contributed by atoms with Gasteiger partial charge >= 0.3 is 0 Å². The quantitative estimate of drug-likeness (QED) is 0.677. The molecule has 0 aromatic heterocycles. The van der Waals surface area contributed by atoms with Crippen LogP contribution in [0.25, 0.3) is 0 Å². The summed E-state index contributed by atoms with van der Waals surface area (Å²) in [6, 6.07) is 17.5. The van der Waals surface area contributed by atoms with Gasteiger partial charge in [0.25, 0.3) is 0 Å². The Labute approximate surface area is 148 Å². The summed E-state index contributed by atoms with van der Waals surface area (Å²) in [5.74, 6) is 0.830. The average Bonchev–Trinajstić information content (AvgIpc) is 2.66. The summed E-state index contributed by atoms with van der Waals surface area (Å²) in [6.07, 6.45) is 3.92. The van der Waals surface area contributed by atoms with Crippen molar-refractivity contribution in [2.45, 2.75) is 18.8 Å². The Hall–Kier alpha value is -2.66. The van der Waals surface area contributed by atoms with E-state index in [2.05, 4.69) is 21.4 Å². The second-order valence-corrected chi connectivity index (χ2v) is 6.40. The van der Waals surface area contributed by atoms with Crippen LogP contribution in [-0.4, -0.2) is 29.6 Å². The zero-order valence-electron chi connectivity index (χ0n) is 14.2. The van der Waals surface area contributed by atoms with Gasteiger partial charge in [0.1, 0.15) is 5.75 Å². The van der Waals surface area contributed by atoms with E-state index in [0.717, 1.165) is 37.3 Å². The summed E-state index contributed by atoms with van der Waals surface area (Å²) in [5, 5.41) is 16.5. The van der Waals surface area contributed by atoms with Crippen molar-refractivity contribution in [3.63, 3.8) is 0 Å². The van der Waals surface area contributed by atoms with Gasteiger partial charge in [-0.1, -0.05) is 30.3 Å². The Bertz CT molecular complexity index is 721. The molecule has 0 atom stereocenters. The first kappa shape index (κ1) is 17.2. The molecule has 0 amide bonds. The molecule has 0 saturated carbocycles. The first-order chi connectivity index (χ1) is 12.2. The number of para-hydroxylation sites is 1. The molecule has 1 aliphatic heterocycles. The molecule has 2 aromatic carbocycles. The summed E-state index contributed by atoms with van der Waals surface area (Å²) in [7, 11) is 0. The van der Waals surface area contributed by atoms with E-state index in [1.165, 1.54) is 5.56 Å². The highest BCUT2D eigenvalue weighted by atomic mass is 16.3. The molecule has 5 nitrogen and oxygen atoms in total. The normalized spacial score (nSPS) is 16.6. The highest BCUT2D eigenvalue weighted by Gasteiger charge is 2.21. The van der Waals surface area contributed by atoms with Crippen LogP contribution in [0.1, 0.15) is 24.3 Å². The topological polar surface area (TPSA) is 71.7 Å². The Balaban J connectivity index is 1.53. The molecule has 3 rings (SSSR count). The number of likely N-dealkylation sites (tertiary alicyclic amines) is 1. The van der Waals surface area contributed by atoms with Crippen LogP contribution in [0.4, 0.5) is 5.69 Å². The van der Waals surface area contributed by atoms with E-state index in [1.807, 2.05) is 48.7 Å².